The van der Waals surface area contributed by atoms with E-state index in [-0.39, 0.29) is 18.1 Å². The van der Waals surface area contributed by atoms with Crippen molar-refractivity contribution in [3.63, 3.8) is 0 Å². The van der Waals surface area contributed by atoms with Crippen molar-refractivity contribution in [1.82, 2.24) is 19.0 Å². The highest BCUT2D eigenvalue weighted by atomic mass is 32.1. The van der Waals surface area contributed by atoms with Gasteiger partial charge in [0.2, 0.25) is 5.91 Å². The van der Waals surface area contributed by atoms with Crippen molar-refractivity contribution in [3.8, 4) is 10.4 Å². The first-order chi connectivity index (χ1) is 12.0. The van der Waals surface area contributed by atoms with Gasteiger partial charge < -0.3 is 4.90 Å². The Hall–Kier alpha value is -2.41. The summed E-state index contributed by atoms with van der Waals surface area (Å²) in [5.74, 6) is 0.00414. The molecule has 6 nitrogen and oxygen atoms in total. The van der Waals surface area contributed by atoms with Crippen molar-refractivity contribution >= 4 is 28.4 Å². The summed E-state index contributed by atoms with van der Waals surface area (Å²) in [5, 5.41) is 0. The molecule has 1 aliphatic rings. The van der Waals surface area contributed by atoms with Gasteiger partial charge in [-0.2, -0.15) is 0 Å². The fourth-order valence-electron chi connectivity index (χ4n) is 3.36. The zero-order valence-electron chi connectivity index (χ0n) is 14.4. The quantitative estimate of drug-likeness (QED) is 0.724. The van der Waals surface area contributed by atoms with Gasteiger partial charge in [0, 0.05) is 41.7 Å². The van der Waals surface area contributed by atoms with E-state index in [9.17, 15) is 9.59 Å². The van der Waals surface area contributed by atoms with Crippen molar-refractivity contribution in [2.75, 3.05) is 13.1 Å². The van der Waals surface area contributed by atoms with E-state index in [1.165, 1.54) is 9.44 Å². The molecule has 7 heteroatoms. The minimum Gasteiger partial charge on any atom is -0.341 e. The number of aryl methyl sites for hydroxylation is 2. The van der Waals surface area contributed by atoms with Gasteiger partial charge in [-0.25, -0.2) is 9.78 Å². The van der Waals surface area contributed by atoms with Crippen LogP contribution in [-0.2, 0) is 18.4 Å². The number of fused-ring (bicyclic) bond motifs is 1. The average molecular weight is 356 g/mol. The number of thiophene rings is 1. The molecule has 1 fully saturated rings. The molecule has 1 amide bonds. The average Bonchev–Trinajstić information content (AvgIpc) is 3.33. The molecule has 0 unspecified atom stereocenters. The number of hydrogen-bond acceptors (Lipinski definition) is 4. The number of carbonyl (C=O) groups excluding carboxylic acids is 1. The van der Waals surface area contributed by atoms with E-state index in [1.54, 1.807) is 29.1 Å². The fraction of sp³-hybridized carbons (Fsp3) is 0.389. The van der Waals surface area contributed by atoms with E-state index in [0.29, 0.717) is 11.2 Å². The molecule has 25 heavy (non-hydrogen) atoms. The van der Waals surface area contributed by atoms with Crippen LogP contribution in [0.25, 0.3) is 21.6 Å². The van der Waals surface area contributed by atoms with Crippen molar-refractivity contribution in [2.45, 2.75) is 26.3 Å². The maximum atomic E-state index is 12.6. The lowest BCUT2D eigenvalue weighted by molar-refractivity contribution is -0.130. The molecule has 0 atom stereocenters. The van der Waals surface area contributed by atoms with Crippen LogP contribution in [0.3, 0.4) is 0 Å². The number of rotatable bonds is 3. The maximum Gasteiger partial charge on any atom is 0.330 e. The number of nitrogens with zero attached hydrogens (tertiary/aromatic N) is 4. The van der Waals surface area contributed by atoms with Crippen LogP contribution in [0.5, 0.6) is 0 Å². The number of likely N-dealkylation sites (tertiary alicyclic amines) is 1. The van der Waals surface area contributed by atoms with Crippen molar-refractivity contribution < 1.29 is 4.79 Å². The zero-order valence-corrected chi connectivity index (χ0v) is 15.2. The van der Waals surface area contributed by atoms with Gasteiger partial charge in [-0.1, -0.05) is 0 Å². The van der Waals surface area contributed by atoms with Crippen molar-refractivity contribution in [2.24, 2.45) is 7.05 Å². The van der Waals surface area contributed by atoms with Crippen LogP contribution in [0.2, 0.25) is 0 Å². The van der Waals surface area contributed by atoms with E-state index >= 15 is 0 Å². The van der Waals surface area contributed by atoms with E-state index in [4.69, 9.17) is 0 Å². The molecule has 0 spiro atoms. The van der Waals surface area contributed by atoms with Crippen LogP contribution < -0.4 is 5.69 Å². The molecule has 0 radical (unpaired) electrons. The topological polar surface area (TPSA) is 60.1 Å². The van der Waals surface area contributed by atoms with Gasteiger partial charge in [-0.15, -0.1) is 11.3 Å². The second-order valence-electron chi connectivity index (χ2n) is 6.49. The molecule has 3 aromatic rings. The molecule has 0 saturated carbocycles. The highest BCUT2D eigenvalue weighted by Gasteiger charge is 2.21. The number of hydrogen-bond donors (Lipinski definition) is 0. The Bertz CT molecular complexity index is 1010. The Morgan fingerprint density at radius 2 is 2.04 bits per heavy atom. The van der Waals surface area contributed by atoms with Gasteiger partial charge in [-0.05, 0) is 38.0 Å². The Morgan fingerprint density at radius 1 is 1.28 bits per heavy atom. The summed E-state index contributed by atoms with van der Waals surface area (Å²) in [4.78, 5) is 33.8. The first-order valence-electron chi connectivity index (χ1n) is 8.44. The van der Waals surface area contributed by atoms with Gasteiger partial charge >= 0.3 is 5.69 Å². The van der Waals surface area contributed by atoms with Crippen LogP contribution in [-0.4, -0.2) is 38.0 Å². The van der Waals surface area contributed by atoms with Gasteiger partial charge in [0.1, 0.15) is 6.54 Å². The summed E-state index contributed by atoms with van der Waals surface area (Å²) < 4.78 is 3.06. The number of carbonyl (C=O) groups is 1. The zero-order chi connectivity index (χ0) is 17.6. The molecule has 4 rings (SSSR count). The van der Waals surface area contributed by atoms with Crippen molar-refractivity contribution in [3.05, 3.63) is 39.8 Å². The molecule has 0 N–H and O–H groups in total. The number of imidazole rings is 1. The van der Waals surface area contributed by atoms with E-state index in [1.807, 2.05) is 11.0 Å². The normalized spacial score (nSPS) is 14.6. The fourth-order valence-corrected chi connectivity index (χ4v) is 4.21. The Morgan fingerprint density at radius 3 is 2.72 bits per heavy atom. The van der Waals surface area contributed by atoms with Crippen LogP contribution in [0.1, 0.15) is 17.7 Å². The standard InChI is InChI=1S/C18H20N4O2S/c1-12-5-6-15(25-12)13-9-14-17(19-10-13)20(2)18(24)22(14)11-16(23)21-7-3-4-8-21/h5-6,9-10H,3-4,7-8,11H2,1-2H3. The summed E-state index contributed by atoms with van der Waals surface area (Å²) in [6.07, 6.45) is 3.87. The molecule has 130 valence electrons. The predicted octanol–water partition coefficient (Wildman–Crippen LogP) is 2.39. The second-order valence-corrected chi connectivity index (χ2v) is 7.78. The van der Waals surface area contributed by atoms with Crippen LogP contribution in [0.4, 0.5) is 0 Å². The number of aromatic nitrogens is 3. The lowest BCUT2D eigenvalue weighted by Crippen LogP contribution is -2.34. The van der Waals surface area contributed by atoms with Crippen LogP contribution >= 0.6 is 11.3 Å². The monoisotopic (exact) mass is 356 g/mol. The SMILES string of the molecule is Cc1ccc(-c2cnc3c(c2)n(CC(=O)N2CCCC2)c(=O)n3C)s1. The molecular formula is C18H20N4O2S. The minimum absolute atomic E-state index is 0.00414. The van der Waals surface area contributed by atoms with E-state index in [0.717, 1.165) is 36.4 Å². The highest BCUT2D eigenvalue weighted by molar-refractivity contribution is 7.15. The smallest absolute Gasteiger partial charge is 0.330 e. The summed E-state index contributed by atoms with van der Waals surface area (Å²) in [5.41, 5.74) is 2.09. The first-order valence-corrected chi connectivity index (χ1v) is 9.26. The largest absolute Gasteiger partial charge is 0.341 e. The lowest BCUT2D eigenvalue weighted by atomic mass is 10.2. The van der Waals surface area contributed by atoms with Crippen molar-refractivity contribution in [1.29, 1.82) is 0 Å². The Labute approximate surface area is 149 Å². The van der Waals surface area contributed by atoms with Crippen LogP contribution in [0.15, 0.2) is 29.2 Å². The highest BCUT2D eigenvalue weighted by Crippen LogP contribution is 2.28. The van der Waals surface area contributed by atoms with Gasteiger partial charge in [0.25, 0.3) is 0 Å². The number of amides is 1. The molecule has 0 bridgehead atoms. The molecular weight excluding hydrogens is 336 g/mol. The first kappa shape index (κ1) is 16.1. The predicted molar refractivity (Wildman–Crippen MR) is 98.8 cm³/mol. The molecule has 1 aliphatic heterocycles. The Balaban J connectivity index is 1.78. The third-order valence-corrected chi connectivity index (χ3v) is 5.80. The summed E-state index contributed by atoms with van der Waals surface area (Å²) in [6, 6.07) is 6.09. The van der Waals surface area contributed by atoms with E-state index in [2.05, 4.69) is 24.0 Å². The van der Waals surface area contributed by atoms with Gasteiger partial charge in [0.05, 0.1) is 5.52 Å². The van der Waals surface area contributed by atoms with E-state index < -0.39 is 0 Å². The third kappa shape index (κ3) is 2.78. The van der Waals surface area contributed by atoms with Crippen LogP contribution in [0, 0.1) is 6.92 Å². The lowest BCUT2D eigenvalue weighted by Gasteiger charge is -2.15. The maximum absolute atomic E-state index is 12.6. The number of pyridine rings is 1. The second kappa shape index (κ2) is 6.15. The summed E-state index contributed by atoms with van der Waals surface area (Å²) in [6.45, 7) is 3.71. The molecule has 1 saturated heterocycles. The molecule has 0 aliphatic carbocycles. The molecule has 3 aromatic heterocycles. The van der Waals surface area contributed by atoms with Gasteiger partial charge in [0.15, 0.2) is 5.65 Å². The summed E-state index contributed by atoms with van der Waals surface area (Å²) in [7, 11) is 1.70. The Kier molecular flexibility index (Phi) is 3.95. The minimum atomic E-state index is -0.199. The third-order valence-electron chi connectivity index (χ3n) is 4.75. The molecule has 4 heterocycles. The molecule has 0 aromatic carbocycles. The van der Waals surface area contributed by atoms with Gasteiger partial charge in [-0.3, -0.25) is 13.9 Å². The summed E-state index contributed by atoms with van der Waals surface area (Å²) >= 11 is 1.69.